The number of anilines is 1. The topological polar surface area (TPSA) is 67.1 Å². The fourth-order valence-corrected chi connectivity index (χ4v) is 2.96. The van der Waals surface area contributed by atoms with E-state index in [1.54, 1.807) is 18.2 Å². The Bertz CT molecular complexity index is 538. The highest BCUT2D eigenvalue weighted by molar-refractivity contribution is 7.80. The predicted octanol–water partition coefficient (Wildman–Crippen LogP) is 3.57. The zero-order valence-corrected chi connectivity index (χ0v) is 13.0. The van der Waals surface area contributed by atoms with E-state index in [0.717, 1.165) is 19.3 Å². The number of thiocarbonyl (C=S) groups is 1. The summed E-state index contributed by atoms with van der Waals surface area (Å²) >= 11 is 16.7. The lowest BCUT2D eigenvalue weighted by Gasteiger charge is -2.20. The molecule has 108 valence electrons. The number of nitrogens with one attached hydrogen (secondary N) is 2. The molecule has 1 fully saturated rings. The number of nitrogens with two attached hydrogens (primary N) is 1. The van der Waals surface area contributed by atoms with Crippen molar-refractivity contribution in [2.75, 3.05) is 5.32 Å². The summed E-state index contributed by atoms with van der Waals surface area (Å²) in [5, 5.41) is 6.46. The third-order valence-electron chi connectivity index (χ3n) is 3.38. The Kier molecular flexibility index (Phi) is 5.07. The molecule has 0 saturated heterocycles. The number of urea groups is 1. The van der Waals surface area contributed by atoms with Gasteiger partial charge in [-0.3, -0.25) is 0 Å². The summed E-state index contributed by atoms with van der Waals surface area (Å²) < 4.78 is 0. The van der Waals surface area contributed by atoms with Crippen molar-refractivity contribution in [2.45, 2.75) is 25.3 Å². The zero-order chi connectivity index (χ0) is 14.7. The van der Waals surface area contributed by atoms with Crippen LogP contribution in [0.15, 0.2) is 18.2 Å². The van der Waals surface area contributed by atoms with Gasteiger partial charge in [-0.05, 0) is 31.0 Å². The largest absolute Gasteiger partial charge is 0.393 e. The van der Waals surface area contributed by atoms with E-state index in [-0.39, 0.29) is 18.0 Å². The number of benzene rings is 1. The monoisotopic (exact) mass is 331 g/mol. The Labute approximate surface area is 133 Å². The molecule has 4 nitrogen and oxygen atoms in total. The molecule has 2 atom stereocenters. The van der Waals surface area contributed by atoms with Crippen molar-refractivity contribution in [1.29, 1.82) is 0 Å². The van der Waals surface area contributed by atoms with E-state index in [4.69, 9.17) is 41.2 Å². The van der Waals surface area contributed by atoms with Gasteiger partial charge in [0.25, 0.3) is 0 Å². The highest BCUT2D eigenvalue weighted by atomic mass is 35.5. The van der Waals surface area contributed by atoms with Crippen LogP contribution in [0.1, 0.15) is 19.3 Å². The van der Waals surface area contributed by atoms with Crippen LogP contribution in [-0.4, -0.2) is 17.1 Å². The first-order valence-electron chi connectivity index (χ1n) is 6.29. The molecule has 2 amide bonds. The van der Waals surface area contributed by atoms with Crippen LogP contribution in [0.4, 0.5) is 10.5 Å². The van der Waals surface area contributed by atoms with Crippen LogP contribution < -0.4 is 16.4 Å². The molecule has 1 aliphatic carbocycles. The third-order valence-corrected chi connectivity index (χ3v) is 4.42. The van der Waals surface area contributed by atoms with Gasteiger partial charge in [-0.2, -0.15) is 0 Å². The number of carbonyl (C=O) groups excluding carboxylic acids is 1. The van der Waals surface area contributed by atoms with Crippen LogP contribution in [0.5, 0.6) is 0 Å². The van der Waals surface area contributed by atoms with Crippen LogP contribution in [0.3, 0.4) is 0 Å². The molecule has 4 N–H and O–H groups in total. The Hall–Kier alpha value is -1.04. The first-order valence-corrected chi connectivity index (χ1v) is 7.45. The average Bonchev–Trinajstić information content (AvgIpc) is 2.82. The molecule has 2 unspecified atom stereocenters. The number of hydrogen-bond acceptors (Lipinski definition) is 2. The minimum atomic E-state index is -0.295. The molecule has 20 heavy (non-hydrogen) atoms. The third kappa shape index (κ3) is 3.75. The summed E-state index contributed by atoms with van der Waals surface area (Å²) in [5.41, 5.74) is 6.27. The maximum atomic E-state index is 12.0. The van der Waals surface area contributed by atoms with E-state index >= 15 is 0 Å². The molecular weight excluding hydrogens is 317 g/mol. The van der Waals surface area contributed by atoms with E-state index in [9.17, 15) is 4.79 Å². The molecule has 1 aromatic rings. The molecule has 0 bridgehead atoms. The summed E-state index contributed by atoms with van der Waals surface area (Å²) in [5.74, 6) is 0.0737. The molecule has 0 radical (unpaired) electrons. The van der Waals surface area contributed by atoms with E-state index in [1.807, 2.05) is 0 Å². The first kappa shape index (κ1) is 15.4. The van der Waals surface area contributed by atoms with Crippen LogP contribution in [0, 0.1) is 5.92 Å². The molecule has 7 heteroatoms. The van der Waals surface area contributed by atoms with E-state index < -0.39 is 0 Å². The van der Waals surface area contributed by atoms with Gasteiger partial charge in [-0.25, -0.2) is 4.79 Å². The van der Waals surface area contributed by atoms with Gasteiger partial charge in [0.2, 0.25) is 0 Å². The normalized spacial score (nSPS) is 21.5. The second kappa shape index (κ2) is 6.61. The van der Waals surface area contributed by atoms with Gasteiger partial charge in [-0.15, -0.1) is 0 Å². The summed E-state index contributed by atoms with van der Waals surface area (Å²) in [6, 6.07) is 4.62. The smallest absolute Gasteiger partial charge is 0.319 e. The Balaban J connectivity index is 1.95. The second-order valence-electron chi connectivity index (χ2n) is 4.77. The van der Waals surface area contributed by atoms with Gasteiger partial charge in [0.15, 0.2) is 0 Å². The standard InChI is InChI=1S/C13H15Cl2N3OS/c14-9-5-4-7(6-10(9)15)17-13(19)18-11-3-1-2-8(11)12(16)20/h4-6,8,11H,1-3H2,(H2,16,20)(H2,17,18,19). The lowest BCUT2D eigenvalue weighted by molar-refractivity contribution is 0.247. The lowest BCUT2D eigenvalue weighted by Crippen LogP contribution is -2.43. The summed E-state index contributed by atoms with van der Waals surface area (Å²) in [4.78, 5) is 12.4. The Morgan fingerprint density at radius 2 is 2.05 bits per heavy atom. The van der Waals surface area contributed by atoms with Gasteiger partial charge in [0, 0.05) is 17.6 Å². The molecule has 1 aromatic carbocycles. The van der Waals surface area contributed by atoms with Gasteiger partial charge in [0.1, 0.15) is 0 Å². The molecule has 0 aromatic heterocycles. The minimum Gasteiger partial charge on any atom is -0.393 e. The zero-order valence-electron chi connectivity index (χ0n) is 10.7. The van der Waals surface area contributed by atoms with Gasteiger partial charge in [-0.1, -0.05) is 41.8 Å². The van der Waals surface area contributed by atoms with Gasteiger partial charge in [0.05, 0.1) is 15.0 Å². The van der Waals surface area contributed by atoms with Crippen molar-refractivity contribution in [3.8, 4) is 0 Å². The van der Waals surface area contributed by atoms with Gasteiger partial charge < -0.3 is 16.4 Å². The van der Waals surface area contributed by atoms with Crippen molar-refractivity contribution in [2.24, 2.45) is 11.7 Å². The predicted molar refractivity (Wildman–Crippen MR) is 86.5 cm³/mol. The number of hydrogen-bond donors (Lipinski definition) is 3. The maximum Gasteiger partial charge on any atom is 0.319 e. The number of carbonyl (C=O) groups is 1. The number of amides is 2. The van der Waals surface area contributed by atoms with Crippen LogP contribution in [0.2, 0.25) is 10.0 Å². The van der Waals surface area contributed by atoms with Crippen molar-refractivity contribution in [3.63, 3.8) is 0 Å². The van der Waals surface area contributed by atoms with Crippen molar-refractivity contribution in [3.05, 3.63) is 28.2 Å². The van der Waals surface area contributed by atoms with E-state index in [0.29, 0.717) is 20.7 Å². The number of rotatable bonds is 3. The summed E-state index contributed by atoms with van der Waals surface area (Å²) in [6.45, 7) is 0. The molecule has 0 aliphatic heterocycles. The molecule has 1 aliphatic rings. The number of halogens is 2. The van der Waals surface area contributed by atoms with Crippen LogP contribution in [-0.2, 0) is 0 Å². The summed E-state index contributed by atoms with van der Waals surface area (Å²) in [6.07, 6.45) is 2.82. The summed E-state index contributed by atoms with van der Waals surface area (Å²) in [7, 11) is 0. The van der Waals surface area contributed by atoms with Crippen LogP contribution >= 0.6 is 35.4 Å². The van der Waals surface area contributed by atoms with Crippen LogP contribution in [0.25, 0.3) is 0 Å². The molecule has 2 rings (SSSR count). The first-order chi connectivity index (χ1) is 9.47. The van der Waals surface area contributed by atoms with Crippen molar-refractivity contribution in [1.82, 2.24) is 5.32 Å². The minimum absolute atomic E-state index is 0.00438. The SMILES string of the molecule is NC(=S)C1CCCC1NC(=O)Nc1ccc(Cl)c(Cl)c1. The second-order valence-corrected chi connectivity index (χ2v) is 6.06. The fourth-order valence-electron chi connectivity index (χ4n) is 2.38. The van der Waals surface area contributed by atoms with E-state index in [1.165, 1.54) is 0 Å². The molecule has 0 heterocycles. The molecule has 1 saturated carbocycles. The highest BCUT2D eigenvalue weighted by Gasteiger charge is 2.30. The van der Waals surface area contributed by atoms with Gasteiger partial charge >= 0.3 is 6.03 Å². The lowest BCUT2D eigenvalue weighted by atomic mass is 10.0. The van der Waals surface area contributed by atoms with Crippen molar-refractivity contribution < 1.29 is 4.79 Å². The van der Waals surface area contributed by atoms with E-state index in [2.05, 4.69) is 10.6 Å². The Morgan fingerprint density at radius 1 is 1.30 bits per heavy atom. The average molecular weight is 332 g/mol. The fraction of sp³-hybridized carbons (Fsp3) is 0.385. The quantitative estimate of drug-likeness (QED) is 0.741. The maximum absolute atomic E-state index is 12.0. The highest BCUT2D eigenvalue weighted by Crippen LogP contribution is 2.27. The molecule has 0 spiro atoms. The Morgan fingerprint density at radius 3 is 2.70 bits per heavy atom. The van der Waals surface area contributed by atoms with Crippen molar-refractivity contribution >= 4 is 52.1 Å². The molecular formula is C13H15Cl2N3OS.